The van der Waals surface area contributed by atoms with Gasteiger partial charge in [0.15, 0.2) is 15.8 Å². The molecule has 0 bridgehead atoms. The van der Waals surface area contributed by atoms with E-state index in [1.54, 1.807) is 10.9 Å². The molecule has 0 aliphatic heterocycles. The maximum Gasteiger partial charge on any atom is 0.370 e. The van der Waals surface area contributed by atoms with Crippen LogP contribution in [0.3, 0.4) is 0 Å². The van der Waals surface area contributed by atoms with Crippen molar-refractivity contribution < 1.29 is 24.1 Å². The third kappa shape index (κ3) is 3.99. The summed E-state index contributed by atoms with van der Waals surface area (Å²) in [6.45, 7) is -0.187. The van der Waals surface area contributed by atoms with Gasteiger partial charge in [0, 0.05) is 5.38 Å². The molecule has 0 aliphatic carbocycles. The first-order valence-electron chi connectivity index (χ1n) is 5.83. The molecule has 22 heavy (non-hydrogen) atoms. The highest BCUT2D eigenvalue weighted by Crippen LogP contribution is 2.15. The Labute approximate surface area is 132 Å². The van der Waals surface area contributed by atoms with Crippen molar-refractivity contribution in [1.29, 1.82) is 0 Å². The van der Waals surface area contributed by atoms with Crippen LogP contribution in [0.4, 0.5) is 10.1 Å². The molecule has 2 heterocycles. The molecule has 0 fully saturated rings. The van der Waals surface area contributed by atoms with E-state index in [-0.39, 0.29) is 12.3 Å². The van der Waals surface area contributed by atoms with E-state index >= 15 is 0 Å². The summed E-state index contributed by atoms with van der Waals surface area (Å²) in [5.74, 6) is -1.50. The lowest BCUT2D eigenvalue weighted by Gasteiger charge is -2.01. The Morgan fingerprint density at radius 2 is 2.32 bits per heavy atom. The number of rotatable bonds is 6. The van der Waals surface area contributed by atoms with Crippen molar-refractivity contribution in [3.63, 3.8) is 0 Å². The van der Waals surface area contributed by atoms with Crippen molar-refractivity contribution in [3.8, 4) is 0 Å². The molecule has 2 rings (SSSR count). The number of carbonyl (C=O) groups is 2. The van der Waals surface area contributed by atoms with Gasteiger partial charge >= 0.3 is 5.97 Å². The average Bonchev–Trinajstić information content (AvgIpc) is 3.04. The molecular weight excluding hydrogens is 330 g/mol. The zero-order valence-corrected chi connectivity index (χ0v) is 13.0. The first kappa shape index (κ1) is 15.9. The van der Waals surface area contributed by atoms with Crippen LogP contribution in [0.15, 0.2) is 22.2 Å². The summed E-state index contributed by atoms with van der Waals surface area (Å²) in [4.78, 5) is 31.5. The normalized spacial score (nSPS) is 11.2. The van der Waals surface area contributed by atoms with Crippen molar-refractivity contribution in [2.24, 2.45) is 5.16 Å². The predicted octanol–water partition coefficient (Wildman–Crippen LogP) is 0.148. The number of hydrogen-bond donors (Lipinski definition) is 3. The van der Waals surface area contributed by atoms with Crippen LogP contribution in [0.1, 0.15) is 5.69 Å². The van der Waals surface area contributed by atoms with E-state index in [4.69, 9.17) is 10.8 Å². The van der Waals surface area contributed by atoms with E-state index in [1.807, 2.05) is 0 Å². The lowest BCUT2D eigenvalue weighted by atomic mass is 10.3. The van der Waals surface area contributed by atoms with E-state index in [0.717, 1.165) is 0 Å². The van der Waals surface area contributed by atoms with Crippen LogP contribution in [0.25, 0.3) is 0 Å². The third-order valence-electron chi connectivity index (χ3n) is 2.31. The second-order valence-electron chi connectivity index (χ2n) is 3.93. The average molecular weight is 342 g/mol. The van der Waals surface area contributed by atoms with Gasteiger partial charge in [0.2, 0.25) is 18.3 Å². The first-order valence-corrected chi connectivity index (χ1v) is 7.58. The zero-order valence-electron chi connectivity index (χ0n) is 11.3. The topological polar surface area (TPSA) is 131 Å². The fourth-order valence-corrected chi connectivity index (χ4v) is 2.78. The van der Waals surface area contributed by atoms with Crippen LogP contribution in [0.2, 0.25) is 0 Å². The number of oxime groups is 1. The maximum absolute atomic E-state index is 12.2. The van der Waals surface area contributed by atoms with Crippen LogP contribution in [0, 0.1) is 0 Å². The van der Waals surface area contributed by atoms with Gasteiger partial charge in [-0.25, -0.2) is 9.78 Å². The van der Waals surface area contributed by atoms with E-state index in [1.165, 1.54) is 40.5 Å². The van der Waals surface area contributed by atoms with Gasteiger partial charge in [-0.3, -0.25) is 4.79 Å². The minimum atomic E-state index is -0.972. The van der Waals surface area contributed by atoms with E-state index in [2.05, 4.69) is 20.3 Å². The predicted molar refractivity (Wildman–Crippen MR) is 80.9 cm³/mol. The fourth-order valence-electron chi connectivity index (χ4n) is 1.50. The summed E-state index contributed by atoms with van der Waals surface area (Å²) in [6, 6.07) is 0. The number of nitrogen functional groups attached to an aromatic ring is 1. The third-order valence-corrected chi connectivity index (χ3v) is 3.83. The second kappa shape index (κ2) is 6.95. The van der Waals surface area contributed by atoms with Crippen molar-refractivity contribution in [1.82, 2.24) is 4.98 Å². The quantitative estimate of drug-likeness (QED) is 0.389. The van der Waals surface area contributed by atoms with Gasteiger partial charge in [0.25, 0.3) is 5.91 Å². The fraction of sp³-hybridized carbons (Fsp3) is 0.182. The summed E-state index contributed by atoms with van der Waals surface area (Å²) in [7, 11) is 1.31. The number of nitrogens with one attached hydrogen (secondary N) is 1. The SMILES string of the molecule is CON=C(C(=O)Nc1c[n+](CC(=O)O)cs1)c1csc(N)n1. The molecule has 0 radical (unpaired) electrons. The Balaban J connectivity index is 2.13. The minimum Gasteiger partial charge on any atom is -0.477 e. The number of carbonyl (C=O) groups excluding carboxylic acids is 1. The van der Waals surface area contributed by atoms with Crippen LogP contribution in [-0.4, -0.2) is 34.8 Å². The molecule has 0 unspecified atom stereocenters. The highest BCUT2D eigenvalue weighted by Gasteiger charge is 2.20. The van der Waals surface area contributed by atoms with Crippen LogP contribution in [-0.2, 0) is 21.0 Å². The Morgan fingerprint density at radius 1 is 1.55 bits per heavy atom. The second-order valence-corrected chi connectivity index (χ2v) is 5.71. The Bertz CT molecular complexity index is 724. The van der Waals surface area contributed by atoms with Gasteiger partial charge in [0.1, 0.15) is 12.8 Å². The number of carboxylic acid groups (broad SMARTS) is 1. The Morgan fingerprint density at radius 3 is 2.91 bits per heavy atom. The maximum atomic E-state index is 12.2. The van der Waals surface area contributed by atoms with Gasteiger partial charge in [-0.1, -0.05) is 16.5 Å². The van der Waals surface area contributed by atoms with Crippen LogP contribution >= 0.6 is 22.7 Å². The monoisotopic (exact) mass is 342 g/mol. The highest BCUT2D eigenvalue weighted by atomic mass is 32.1. The Hall–Kier alpha value is -2.53. The molecule has 116 valence electrons. The largest absolute Gasteiger partial charge is 0.477 e. The van der Waals surface area contributed by atoms with Gasteiger partial charge in [-0.15, -0.1) is 11.3 Å². The molecule has 0 spiro atoms. The smallest absolute Gasteiger partial charge is 0.370 e. The highest BCUT2D eigenvalue weighted by molar-refractivity contribution is 7.14. The van der Waals surface area contributed by atoms with Crippen molar-refractivity contribution >= 4 is 50.4 Å². The number of nitrogens with zero attached hydrogens (tertiary/aromatic N) is 3. The molecule has 0 saturated carbocycles. The summed E-state index contributed by atoms with van der Waals surface area (Å²) >= 11 is 2.36. The summed E-state index contributed by atoms with van der Waals surface area (Å²) in [5.41, 5.74) is 7.40. The van der Waals surface area contributed by atoms with Gasteiger partial charge in [-0.05, 0) is 0 Å². The molecular formula is C11H12N5O4S2+. The van der Waals surface area contributed by atoms with Gasteiger partial charge in [0.05, 0.1) is 0 Å². The molecule has 0 aliphatic rings. The number of hydrogen-bond acceptors (Lipinski definition) is 8. The molecule has 0 saturated heterocycles. The van der Waals surface area contributed by atoms with Gasteiger partial charge in [-0.2, -0.15) is 4.57 Å². The van der Waals surface area contributed by atoms with E-state index in [0.29, 0.717) is 15.8 Å². The summed E-state index contributed by atoms with van der Waals surface area (Å²) in [6.07, 6.45) is 1.51. The summed E-state index contributed by atoms with van der Waals surface area (Å²) in [5, 5.41) is 17.3. The van der Waals surface area contributed by atoms with Crippen LogP contribution in [0.5, 0.6) is 0 Å². The number of nitrogens with two attached hydrogens (primary N) is 1. The molecule has 9 nitrogen and oxygen atoms in total. The summed E-state index contributed by atoms with van der Waals surface area (Å²) < 4.78 is 1.44. The van der Waals surface area contributed by atoms with Crippen LogP contribution < -0.4 is 15.6 Å². The van der Waals surface area contributed by atoms with E-state index in [9.17, 15) is 9.59 Å². The molecule has 0 aromatic carbocycles. The molecule has 1 amide bonds. The molecule has 0 atom stereocenters. The van der Waals surface area contributed by atoms with Crippen molar-refractivity contribution in [2.45, 2.75) is 6.54 Å². The molecule has 4 N–H and O–H groups in total. The molecule has 11 heteroatoms. The lowest BCUT2D eigenvalue weighted by molar-refractivity contribution is -0.680. The van der Waals surface area contributed by atoms with E-state index < -0.39 is 11.9 Å². The first-order chi connectivity index (χ1) is 10.5. The standard InChI is InChI=1S/C11H11N5O4S2/c1-20-15-9(6-4-21-11(12)13-6)10(19)14-7-2-16(5-22-7)3-8(17)18/h2,4-5H,3H2,1H3,(H3-,12,13,14,17,18,19)/p+1. The lowest BCUT2D eigenvalue weighted by Crippen LogP contribution is -2.35. The van der Waals surface area contributed by atoms with Gasteiger partial charge < -0.3 is 21.0 Å². The molecule has 2 aromatic heterocycles. The molecule has 2 aromatic rings. The number of aliphatic carboxylic acids is 1. The minimum absolute atomic E-state index is 0.0198. The zero-order chi connectivity index (χ0) is 16.1. The number of anilines is 2. The number of thiazole rings is 2. The number of carboxylic acids is 1. The van der Waals surface area contributed by atoms with Crippen molar-refractivity contribution in [3.05, 3.63) is 22.8 Å². The van der Waals surface area contributed by atoms with Crippen molar-refractivity contribution in [2.75, 3.05) is 18.2 Å². The Kier molecular flexibility index (Phi) is 5.01. The number of aromatic nitrogens is 2. The number of amides is 1.